The van der Waals surface area contributed by atoms with Gasteiger partial charge in [-0.15, -0.1) is 12.4 Å². The maximum Gasteiger partial charge on any atom is 0.244 e. The van der Waals surface area contributed by atoms with Crippen molar-refractivity contribution in [2.24, 2.45) is 11.7 Å². The van der Waals surface area contributed by atoms with Gasteiger partial charge in [0.05, 0.1) is 13.2 Å². The van der Waals surface area contributed by atoms with E-state index in [1.165, 1.54) is 6.07 Å². The second kappa shape index (κ2) is 9.05. The summed E-state index contributed by atoms with van der Waals surface area (Å²) >= 11 is 5.93. The van der Waals surface area contributed by atoms with Crippen molar-refractivity contribution < 1.29 is 17.9 Å². The largest absolute Gasteiger partial charge is 0.492 e. The van der Waals surface area contributed by atoms with E-state index in [4.69, 9.17) is 26.8 Å². The van der Waals surface area contributed by atoms with Crippen LogP contribution in [0.2, 0.25) is 5.02 Å². The van der Waals surface area contributed by atoms with E-state index in [1.54, 1.807) is 19.1 Å². The molecular weight excluding hydrogens is 363 g/mol. The molecule has 1 saturated heterocycles. The molecule has 0 aliphatic carbocycles. The van der Waals surface area contributed by atoms with Crippen molar-refractivity contribution in [2.45, 2.75) is 24.3 Å². The van der Waals surface area contributed by atoms with E-state index in [1.807, 2.05) is 0 Å². The monoisotopic (exact) mass is 384 g/mol. The summed E-state index contributed by atoms with van der Waals surface area (Å²) < 4.78 is 38.4. The summed E-state index contributed by atoms with van der Waals surface area (Å²) in [6.45, 7) is 3.66. The second-order valence-electron chi connectivity index (χ2n) is 5.39. The van der Waals surface area contributed by atoms with Gasteiger partial charge in [0.2, 0.25) is 10.0 Å². The van der Waals surface area contributed by atoms with Gasteiger partial charge >= 0.3 is 0 Å². The van der Waals surface area contributed by atoms with Gasteiger partial charge in [0, 0.05) is 30.1 Å². The van der Waals surface area contributed by atoms with E-state index in [0.29, 0.717) is 18.2 Å². The van der Waals surface area contributed by atoms with Crippen LogP contribution in [-0.2, 0) is 14.8 Å². The molecule has 9 heteroatoms. The summed E-state index contributed by atoms with van der Waals surface area (Å²) in [5, 5.41) is 0.331. The summed E-state index contributed by atoms with van der Waals surface area (Å²) in [7, 11) is -3.74. The average Bonchev–Trinajstić information content (AvgIpc) is 2.98. The Kier molecular flexibility index (Phi) is 8.06. The number of sulfonamides is 1. The van der Waals surface area contributed by atoms with Gasteiger partial charge in [-0.3, -0.25) is 0 Å². The van der Waals surface area contributed by atoms with Crippen LogP contribution in [0.4, 0.5) is 0 Å². The number of nitrogens with one attached hydrogen (secondary N) is 1. The van der Waals surface area contributed by atoms with Crippen LogP contribution < -0.4 is 15.2 Å². The number of ether oxygens (including phenoxy) is 2. The Labute approximate surface area is 148 Å². The van der Waals surface area contributed by atoms with Crippen LogP contribution in [0.15, 0.2) is 23.1 Å². The number of benzene rings is 1. The summed E-state index contributed by atoms with van der Waals surface area (Å²) in [4.78, 5) is 0.0271. The van der Waals surface area contributed by atoms with Crippen molar-refractivity contribution in [1.82, 2.24) is 4.72 Å². The minimum Gasteiger partial charge on any atom is -0.492 e. The van der Waals surface area contributed by atoms with Crippen LogP contribution in [0, 0.1) is 5.92 Å². The molecule has 3 N–H and O–H groups in total. The molecule has 2 atom stereocenters. The SMILES string of the molecule is C[C@@H](CN)NS(=O)(=O)c1cc(Cl)ccc1OCC1CCOC1.Cl. The summed E-state index contributed by atoms with van der Waals surface area (Å²) in [5.74, 6) is 0.565. The lowest BCUT2D eigenvalue weighted by molar-refractivity contribution is 0.166. The topological polar surface area (TPSA) is 90.7 Å². The molecule has 6 nitrogen and oxygen atoms in total. The van der Waals surface area contributed by atoms with E-state index in [-0.39, 0.29) is 41.6 Å². The lowest BCUT2D eigenvalue weighted by atomic mass is 10.1. The molecule has 1 aromatic carbocycles. The summed E-state index contributed by atoms with van der Waals surface area (Å²) in [6, 6.07) is 4.18. The predicted octanol–water partition coefficient (Wildman–Crippen LogP) is 1.80. The molecule has 0 bridgehead atoms. The molecular formula is C14H22Cl2N2O4S. The normalized spacial score (nSPS) is 19.2. The fraction of sp³-hybridized carbons (Fsp3) is 0.571. The van der Waals surface area contributed by atoms with Gasteiger partial charge < -0.3 is 15.2 Å². The zero-order chi connectivity index (χ0) is 16.2. The Morgan fingerprint density at radius 1 is 1.52 bits per heavy atom. The van der Waals surface area contributed by atoms with Gasteiger partial charge in [-0.05, 0) is 31.5 Å². The molecule has 0 radical (unpaired) electrons. The Morgan fingerprint density at radius 2 is 2.26 bits per heavy atom. The van der Waals surface area contributed by atoms with Crippen molar-refractivity contribution in [3.05, 3.63) is 23.2 Å². The summed E-state index contributed by atoms with van der Waals surface area (Å²) in [5.41, 5.74) is 5.47. The molecule has 132 valence electrons. The average molecular weight is 385 g/mol. The Balaban J connectivity index is 0.00000264. The Hall–Kier alpha value is -0.570. The number of hydrogen-bond donors (Lipinski definition) is 2. The molecule has 1 fully saturated rings. The van der Waals surface area contributed by atoms with Gasteiger partial charge in [-0.1, -0.05) is 11.6 Å². The van der Waals surface area contributed by atoms with Crippen molar-refractivity contribution in [1.29, 1.82) is 0 Å². The van der Waals surface area contributed by atoms with Crippen LogP contribution in [0.3, 0.4) is 0 Å². The van der Waals surface area contributed by atoms with Crippen molar-refractivity contribution in [3.8, 4) is 5.75 Å². The molecule has 1 unspecified atom stereocenters. The molecule has 1 heterocycles. The van der Waals surface area contributed by atoms with Gasteiger partial charge in [0.25, 0.3) is 0 Å². The van der Waals surface area contributed by atoms with E-state index in [2.05, 4.69) is 4.72 Å². The molecule has 0 spiro atoms. The Morgan fingerprint density at radius 3 is 2.87 bits per heavy atom. The zero-order valence-electron chi connectivity index (χ0n) is 12.8. The Bertz CT molecular complexity index is 607. The lowest BCUT2D eigenvalue weighted by Gasteiger charge is -2.17. The molecule has 1 aromatic rings. The number of nitrogens with two attached hydrogens (primary N) is 1. The van der Waals surface area contributed by atoms with E-state index < -0.39 is 10.0 Å². The van der Waals surface area contributed by atoms with Crippen LogP contribution in [0.5, 0.6) is 5.75 Å². The number of rotatable bonds is 7. The third-order valence-corrected chi connectivity index (χ3v) is 5.25. The first-order valence-electron chi connectivity index (χ1n) is 7.15. The maximum atomic E-state index is 12.4. The van der Waals surface area contributed by atoms with Crippen LogP contribution in [0.25, 0.3) is 0 Å². The third-order valence-electron chi connectivity index (χ3n) is 3.40. The molecule has 1 aliphatic heterocycles. The second-order valence-corrected chi connectivity index (χ2v) is 7.51. The van der Waals surface area contributed by atoms with Gasteiger partial charge in [-0.2, -0.15) is 0 Å². The van der Waals surface area contributed by atoms with E-state index in [0.717, 1.165) is 13.0 Å². The molecule has 0 aromatic heterocycles. The van der Waals surface area contributed by atoms with Crippen LogP contribution in [-0.4, -0.2) is 40.8 Å². The van der Waals surface area contributed by atoms with Crippen LogP contribution in [0.1, 0.15) is 13.3 Å². The molecule has 0 amide bonds. The molecule has 23 heavy (non-hydrogen) atoms. The highest BCUT2D eigenvalue weighted by Crippen LogP contribution is 2.28. The quantitative estimate of drug-likeness (QED) is 0.747. The fourth-order valence-electron chi connectivity index (χ4n) is 2.11. The maximum absolute atomic E-state index is 12.4. The first-order chi connectivity index (χ1) is 10.4. The smallest absolute Gasteiger partial charge is 0.244 e. The van der Waals surface area contributed by atoms with Crippen molar-refractivity contribution in [2.75, 3.05) is 26.4 Å². The van der Waals surface area contributed by atoms with E-state index in [9.17, 15) is 8.42 Å². The lowest BCUT2D eigenvalue weighted by Crippen LogP contribution is -2.37. The minimum atomic E-state index is -3.74. The summed E-state index contributed by atoms with van der Waals surface area (Å²) in [6.07, 6.45) is 0.915. The highest BCUT2D eigenvalue weighted by Gasteiger charge is 2.23. The third kappa shape index (κ3) is 5.77. The van der Waals surface area contributed by atoms with Crippen molar-refractivity contribution in [3.63, 3.8) is 0 Å². The number of halogens is 2. The minimum absolute atomic E-state index is 0. The van der Waals surface area contributed by atoms with Crippen molar-refractivity contribution >= 4 is 34.0 Å². The molecule has 0 saturated carbocycles. The highest BCUT2D eigenvalue weighted by molar-refractivity contribution is 7.89. The number of hydrogen-bond acceptors (Lipinski definition) is 5. The fourth-order valence-corrected chi connectivity index (χ4v) is 3.77. The standard InChI is InChI=1S/C14H21ClN2O4S.ClH/c1-10(7-16)17-22(18,19)14-6-12(15)2-3-13(14)21-9-11-4-5-20-8-11;/h2-3,6,10-11,17H,4-5,7-9,16H2,1H3;1H/t10-,11?;/m0./s1. The zero-order valence-corrected chi connectivity index (χ0v) is 15.2. The van der Waals surface area contributed by atoms with E-state index >= 15 is 0 Å². The predicted molar refractivity (Wildman–Crippen MR) is 92.0 cm³/mol. The van der Waals surface area contributed by atoms with Gasteiger partial charge in [0.1, 0.15) is 10.6 Å². The first kappa shape index (κ1) is 20.5. The molecule has 2 rings (SSSR count). The van der Waals surface area contributed by atoms with Crippen LogP contribution >= 0.6 is 24.0 Å². The molecule has 1 aliphatic rings. The van der Waals surface area contributed by atoms with Gasteiger partial charge in [-0.25, -0.2) is 13.1 Å². The highest BCUT2D eigenvalue weighted by atomic mass is 35.5. The van der Waals surface area contributed by atoms with Gasteiger partial charge in [0.15, 0.2) is 0 Å². The first-order valence-corrected chi connectivity index (χ1v) is 9.01.